The summed E-state index contributed by atoms with van der Waals surface area (Å²) in [5.74, 6) is 0. The molecule has 0 aliphatic rings. The van der Waals surface area contributed by atoms with Gasteiger partial charge in [-0.3, -0.25) is 0 Å². The molecule has 0 radical (unpaired) electrons. The van der Waals surface area contributed by atoms with Crippen molar-refractivity contribution in [1.82, 2.24) is 9.13 Å². The molecule has 7 aromatic carbocycles. The third-order valence-electron chi connectivity index (χ3n) is 11.2. The van der Waals surface area contributed by atoms with Crippen molar-refractivity contribution >= 4 is 49.3 Å². The molecule has 2 aromatic heterocycles. The van der Waals surface area contributed by atoms with E-state index >= 15 is 0 Å². The number of aryl methyl sites for hydroxylation is 2. The highest BCUT2D eigenvalue weighted by atomic mass is 19.4. The summed E-state index contributed by atoms with van der Waals surface area (Å²) in [4.78, 5) is 3.91. The number of halogens is 9. The Kier molecular flexibility index (Phi) is 9.03. The molecule has 9 rings (SSSR count). The minimum Gasteiger partial charge on any atom is -0.310 e. The Balaban J connectivity index is 1.47. The maximum atomic E-state index is 14.2. The molecule has 0 atom stereocenters. The van der Waals surface area contributed by atoms with Gasteiger partial charge in [-0.25, -0.2) is 4.85 Å². The Hall–Kier alpha value is -7.51. The van der Waals surface area contributed by atoms with E-state index in [0.717, 1.165) is 42.0 Å². The molecule has 2 heterocycles. The molecule has 0 N–H and O–H groups in total. The van der Waals surface area contributed by atoms with E-state index < -0.39 is 35.2 Å². The number of benzene rings is 7. The van der Waals surface area contributed by atoms with Crippen LogP contribution in [0.2, 0.25) is 0 Å². The minimum atomic E-state index is -4.71. The molecular formula is C49H27F9N4. The lowest BCUT2D eigenvalue weighted by atomic mass is 9.88. The van der Waals surface area contributed by atoms with E-state index in [4.69, 9.17) is 6.57 Å². The van der Waals surface area contributed by atoms with E-state index in [2.05, 4.69) is 4.85 Å². The van der Waals surface area contributed by atoms with E-state index in [0.29, 0.717) is 60.9 Å². The molecule has 4 nitrogen and oxygen atoms in total. The zero-order chi connectivity index (χ0) is 44.0. The highest BCUT2D eigenvalue weighted by molar-refractivity contribution is 6.13. The summed E-state index contributed by atoms with van der Waals surface area (Å²) in [5, 5.41) is 11.1. The smallest absolute Gasteiger partial charge is 0.310 e. The van der Waals surface area contributed by atoms with Crippen LogP contribution in [0.3, 0.4) is 0 Å². The van der Waals surface area contributed by atoms with Crippen LogP contribution in [0, 0.1) is 31.8 Å². The lowest BCUT2D eigenvalue weighted by molar-refractivity contribution is -0.138. The molecule has 0 spiro atoms. The molecule has 62 heavy (non-hydrogen) atoms. The van der Waals surface area contributed by atoms with E-state index in [1.807, 2.05) is 6.07 Å². The Morgan fingerprint density at radius 3 is 1.50 bits per heavy atom. The number of fused-ring (bicyclic) bond motifs is 6. The molecule has 306 valence electrons. The standard InChI is InChI=1S/C49H27F9N4/c1-26-10-16-39-34(20-26)36-23-30(48(53,54)55)13-18-41(36)61(39)43-8-4-6-33(32-15-12-29(21-27(32)2)47(50,51)52)45(43)46-38(60-3)7-5-9-44(46)62-40-17-11-28(25-59)22-35(40)37-24-31(49(56,57)58)14-19-42(37)62/h4-24H,1-2H3. The summed E-state index contributed by atoms with van der Waals surface area (Å²) >= 11 is 0. The monoisotopic (exact) mass is 842 g/mol. The zero-order valence-corrected chi connectivity index (χ0v) is 32.3. The van der Waals surface area contributed by atoms with Crippen LogP contribution >= 0.6 is 0 Å². The van der Waals surface area contributed by atoms with Crippen molar-refractivity contribution in [3.8, 4) is 39.7 Å². The molecule has 0 saturated carbocycles. The number of hydrogen-bond acceptors (Lipinski definition) is 1. The average molecular weight is 843 g/mol. The van der Waals surface area contributed by atoms with Gasteiger partial charge in [0.1, 0.15) is 0 Å². The third kappa shape index (κ3) is 6.40. The maximum absolute atomic E-state index is 14.2. The fourth-order valence-electron chi connectivity index (χ4n) is 8.52. The van der Waals surface area contributed by atoms with Crippen molar-refractivity contribution in [2.75, 3.05) is 0 Å². The van der Waals surface area contributed by atoms with Gasteiger partial charge < -0.3 is 9.13 Å². The summed E-state index contributed by atoms with van der Waals surface area (Å²) in [7, 11) is 0. The van der Waals surface area contributed by atoms with Gasteiger partial charge in [0.25, 0.3) is 0 Å². The highest BCUT2D eigenvalue weighted by Crippen LogP contribution is 2.50. The first-order valence-corrected chi connectivity index (χ1v) is 18.9. The predicted octanol–water partition coefficient (Wildman–Crippen LogP) is 15.3. The first-order chi connectivity index (χ1) is 29.4. The zero-order valence-electron chi connectivity index (χ0n) is 32.3. The number of rotatable bonds is 4. The van der Waals surface area contributed by atoms with Gasteiger partial charge in [-0.1, -0.05) is 42.0 Å². The number of alkyl halides is 9. The lowest BCUT2D eigenvalue weighted by Gasteiger charge is -2.23. The van der Waals surface area contributed by atoms with Gasteiger partial charge in [-0.05, 0) is 122 Å². The molecule has 0 bridgehead atoms. The lowest BCUT2D eigenvalue weighted by Crippen LogP contribution is -2.06. The number of nitrogens with zero attached hydrogens (tertiary/aromatic N) is 4. The Morgan fingerprint density at radius 1 is 0.500 bits per heavy atom. The normalized spacial score (nSPS) is 12.4. The fourth-order valence-corrected chi connectivity index (χ4v) is 8.52. The molecule has 13 heteroatoms. The van der Waals surface area contributed by atoms with Gasteiger partial charge in [-0.15, -0.1) is 0 Å². The molecule has 0 aliphatic carbocycles. The second kappa shape index (κ2) is 14.0. The molecule has 0 aliphatic heterocycles. The van der Waals surface area contributed by atoms with E-state index in [1.165, 1.54) is 37.3 Å². The van der Waals surface area contributed by atoms with Crippen molar-refractivity contribution < 1.29 is 39.5 Å². The molecular weight excluding hydrogens is 816 g/mol. The average Bonchev–Trinajstić information content (AvgIpc) is 3.73. The van der Waals surface area contributed by atoms with Crippen LogP contribution in [0.1, 0.15) is 33.4 Å². The first-order valence-electron chi connectivity index (χ1n) is 18.9. The molecule has 0 unspecified atom stereocenters. The summed E-state index contributed by atoms with van der Waals surface area (Å²) in [5.41, 5.74) is 2.02. The van der Waals surface area contributed by atoms with Crippen LogP contribution in [0.25, 0.3) is 82.1 Å². The molecule has 0 fully saturated rings. The van der Waals surface area contributed by atoms with Crippen molar-refractivity contribution in [2.24, 2.45) is 0 Å². The predicted molar refractivity (Wildman–Crippen MR) is 221 cm³/mol. The maximum Gasteiger partial charge on any atom is 0.416 e. The van der Waals surface area contributed by atoms with E-state index in [-0.39, 0.29) is 33.2 Å². The minimum absolute atomic E-state index is 0.0623. The Labute approximate surface area is 346 Å². The number of nitriles is 1. The van der Waals surface area contributed by atoms with Gasteiger partial charge in [0, 0.05) is 38.4 Å². The largest absolute Gasteiger partial charge is 0.416 e. The highest BCUT2D eigenvalue weighted by Gasteiger charge is 2.34. The topological polar surface area (TPSA) is 38.0 Å². The summed E-state index contributed by atoms with van der Waals surface area (Å²) < 4.78 is 131. The van der Waals surface area contributed by atoms with Crippen LogP contribution in [0.4, 0.5) is 45.2 Å². The van der Waals surface area contributed by atoms with E-state index in [9.17, 15) is 44.8 Å². The summed E-state index contributed by atoms with van der Waals surface area (Å²) in [6.45, 7) is 11.8. The van der Waals surface area contributed by atoms with Gasteiger partial charge in [-0.2, -0.15) is 44.8 Å². The van der Waals surface area contributed by atoms with E-state index in [1.54, 1.807) is 76.7 Å². The second-order valence-electron chi connectivity index (χ2n) is 15.0. The molecule has 0 saturated heterocycles. The van der Waals surface area contributed by atoms with Crippen molar-refractivity contribution in [3.05, 3.63) is 172 Å². The van der Waals surface area contributed by atoms with Crippen molar-refractivity contribution in [2.45, 2.75) is 32.4 Å². The Morgan fingerprint density at radius 2 is 0.968 bits per heavy atom. The van der Waals surface area contributed by atoms with Crippen LogP contribution in [0.5, 0.6) is 0 Å². The van der Waals surface area contributed by atoms with Gasteiger partial charge in [0.15, 0.2) is 5.69 Å². The van der Waals surface area contributed by atoms with Crippen molar-refractivity contribution in [3.63, 3.8) is 0 Å². The van der Waals surface area contributed by atoms with Gasteiger partial charge in [0.2, 0.25) is 0 Å². The third-order valence-corrected chi connectivity index (χ3v) is 11.2. The summed E-state index contributed by atoms with van der Waals surface area (Å²) in [6.07, 6.45) is -14.0. The number of aromatic nitrogens is 2. The van der Waals surface area contributed by atoms with Crippen LogP contribution in [-0.4, -0.2) is 9.13 Å². The Bertz CT molecular complexity index is 3420. The summed E-state index contributed by atoms with van der Waals surface area (Å²) in [6, 6.07) is 31.7. The molecule has 0 amide bonds. The fraction of sp³-hybridized carbons (Fsp3) is 0.102. The number of hydrogen-bond donors (Lipinski definition) is 0. The van der Waals surface area contributed by atoms with Gasteiger partial charge in [0.05, 0.1) is 62.6 Å². The van der Waals surface area contributed by atoms with Crippen LogP contribution < -0.4 is 0 Å². The van der Waals surface area contributed by atoms with Crippen molar-refractivity contribution in [1.29, 1.82) is 5.26 Å². The second-order valence-corrected chi connectivity index (χ2v) is 15.0. The molecule has 9 aromatic rings. The van der Waals surface area contributed by atoms with Crippen LogP contribution in [-0.2, 0) is 18.5 Å². The van der Waals surface area contributed by atoms with Gasteiger partial charge >= 0.3 is 18.5 Å². The SMILES string of the molecule is [C-]#[N+]c1cccc(-n2c3ccc(C#N)cc3c3cc(C(F)(F)F)ccc32)c1-c1c(-c2ccc(C(F)(F)F)cc2C)cccc1-n1c2ccc(C)cc2c2cc(C(F)(F)F)ccc21. The quantitative estimate of drug-likeness (QED) is 0.128. The van der Waals surface area contributed by atoms with Crippen LogP contribution in [0.15, 0.2) is 127 Å². The first kappa shape index (κ1) is 39.9.